The molecule has 2 aliphatic rings. The van der Waals surface area contributed by atoms with E-state index in [0.717, 1.165) is 41.5 Å². The van der Waals surface area contributed by atoms with Gasteiger partial charge in [-0.25, -0.2) is 0 Å². The third kappa shape index (κ3) is 8.37. The van der Waals surface area contributed by atoms with Gasteiger partial charge in [0.15, 0.2) is 23.0 Å². The molecule has 2 N–H and O–H groups in total. The topological polar surface area (TPSA) is 152 Å². The number of carbonyl (C=O) groups is 4. The fourth-order valence-electron chi connectivity index (χ4n) is 5.41. The molecule has 0 fully saturated rings. The number of nitrogens with zero attached hydrogens (tertiary/aromatic N) is 2. The number of carboxylic acid groups (broad SMARTS) is 2. The standard InChI is InChI=1S/C33H42N2O10/c1-20(32(38)39)10-30(36)34-16-22-12-26(42-3)28(14-24(22)18-34)44-8-6-5-7-9-45-29-15-25-19-35(17-23(25)13-27(29)43-4)31(37)11-21(2)33(40)41/h12-15,20-21H,5-11,16-19H2,1-4H3,(H,38,39)(H,40,41)/t20-,21-/m0/s1. The summed E-state index contributed by atoms with van der Waals surface area (Å²) in [5.41, 5.74) is 3.84. The number of amides is 2. The quantitative estimate of drug-likeness (QED) is 0.259. The van der Waals surface area contributed by atoms with E-state index in [1.165, 1.54) is 13.8 Å². The molecule has 0 spiro atoms. The molecule has 0 aliphatic carbocycles. The Labute approximate surface area is 262 Å². The smallest absolute Gasteiger partial charge is 0.306 e. The maximum absolute atomic E-state index is 12.6. The largest absolute Gasteiger partial charge is 0.493 e. The number of unbranched alkanes of at least 4 members (excludes halogenated alkanes) is 2. The molecule has 12 nitrogen and oxygen atoms in total. The summed E-state index contributed by atoms with van der Waals surface area (Å²) in [6.45, 7) is 5.64. The molecule has 2 aromatic rings. The van der Waals surface area contributed by atoms with Gasteiger partial charge in [-0.2, -0.15) is 0 Å². The van der Waals surface area contributed by atoms with E-state index < -0.39 is 23.8 Å². The molecular weight excluding hydrogens is 584 g/mol. The number of rotatable bonds is 16. The van der Waals surface area contributed by atoms with Gasteiger partial charge in [0.1, 0.15) is 0 Å². The average Bonchev–Trinajstić information content (AvgIpc) is 3.63. The van der Waals surface area contributed by atoms with Gasteiger partial charge in [0, 0.05) is 39.0 Å². The molecule has 2 aliphatic heterocycles. The molecule has 244 valence electrons. The Morgan fingerprint density at radius 3 is 1.27 bits per heavy atom. The molecule has 2 atom stereocenters. The number of carbonyl (C=O) groups excluding carboxylic acids is 2. The van der Waals surface area contributed by atoms with Crippen molar-refractivity contribution in [1.82, 2.24) is 9.80 Å². The second kappa shape index (κ2) is 15.0. The molecule has 0 bridgehead atoms. The minimum Gasteiger partial charge on any atom is -0.493 e. The first kappa shape index (κ1) is 33.4. The van der Waals surface area contributed by atoms with Crippen molar-refractivity contribution in [3.63, 3.8) is 0 Å². The van der Waals surface area contributed by atoms with Crippen LogP contribution in [0.15, 0.2) is 24.3 Å². The molecule has 0 unspecified atom stereocenters. The van der Waals surface area contributed by atoms with Crippen LogP contribution in [-0.4, -0.2) is 71.2 Å². The van der Waals surface area contributed by atoms with Gasteiger partial charge in [0.2, 0.25) is 11.8 Å². The van der Waals surface area contributed by atoms with E-state index in [0.29, 0.717) is 62.4 Å². The Morgan fingerprint density at radius 1 is 0.622 bits per heavy atom. The highest BCUT2D eigenvalue weighted by Gasteiger charge is 2.29. The minimum atomic E-state index is -0.986. The lowest BCUT2D eigenvalue weighted by atomic mass is 10.1. The fraction of sp³-hybridized carbons (Fsp3) is 0.515. The summed E-state index contributed by atoms with van der Waals surface area (Å²) in [6, 6.07) is 7.55. The van der Waals surface area contributed by atoms with Crippen molar-refractivity contribution in [3.05, 3.63) is 46.5 Å². The first-order chi connectivity index (χ1) is 21.5. The van der Waals surface area contributed by atoms with Gasteiger partial charge in [0.25, 0.3) is 0 Å². The predicted molar refractivity (Wildman–Crippen MR) is 162 cm³/mol. The maximum Gasteiger partial charge on any atom is 0.306 e. The van der Waals surface area contributed by atoms with E-state index in [-0.39, 0.29) is 24.7 Å². The Morgan fingerprint density at radius 2 is 0.956 bits per heavy atom. The van der Waals surface area contributed by atoms with E-state index in [9.17, 15) is 19.2 Å². The fourth-order valence-corrected chi connectivity index (χ4v) is 5.41. The van der Waals surface area contributed by atoms with Gasteiger partial charge in [-0.15, -0.1) is 0 Å². The summed E-state index contributed by atoms with van der Waals surface area (Å²) < 4.78 is 23.1. The van der Waals surface area contributed by atoms with Crippen LogP contribution >= 0.6 is 0 Å². The number of benzene rings is 2. The van der Waals surface area contributed by atoms with Gasteiger partial charge in [-0.3, -0.25) is 19.2 Å². The zero-order valence-electron chi connectivity index (χ0n) is 26.3. The minimum absolute atomic E-state index is 0.0397. The summed E-state index contributed by atoms with van der Waals surface area (Å²) in [4.78, 5) is 50.7. The lowest BCUT2D eigenvalue weighted by molar-refractivity contribution is -0.145. The summed E-state index contributed by atoms with van der Waals surface area (Å²) >= 11 is 0. The number of fused-ring (bicyclic) bond motifs is 2. The average molecular weight is 627 g/mol. The third-order valence-corrected chi connectivity index (χ3v) is 8.23. The van der Waals surface area contributed by atoms with Crippen LogP contribution in [0.5, 0.6) is 23.0 Å². The first-order valence-corrected chi connectivity index (χ1v) is 15.2. The number of carboxylic acids is 2. The molecular formula is C33H42N2O10. The third-order valence-electron chi connectivity index (χ3n) is 8.23. The van der Waals surface area contributed by atoms with E-state index in [1.54, 1.807) is 24.0 Å². The van der Waals surface area contributed by atoms with E-state index >= 15 is 0 Å². The molecule has 0 aromatic heterocycles. The van der Waals surface area contributed by atoms with Crippen molar-refractivity contribution in [2.45, 2.75) is 72.1 Å². The SMILES string of the molecule is COc1cc2c(cc1OCCCCCOc1cc3c(cc1OC)CN(C(=O)C[C@H](C)C(=O)O)C3)CN(C(=O)C[C@H](C)C(=O)O)C2. The lowest BCUT2D eigenvalue weighted by Crippen LogP contribution is -2.28. The summed E-state index contributed by atoms with van der Waals surface area (Å²) in [7, 11) is 3.14. The molecule has 12 heteroatoms. The highest BCUT2D eigenvalue weighted by Crippen LogP contribution is 2.37. The molecule has 0 radical (unpaired) electrons. The summed E-state index contributed by atoms with van der Waals surface area (Å²) in [6.07, 6.45) is 2.35. The van der Waals surface area contributed by atoms with Crippen LogP contribution in [-0.2, 0) is 45.4 Å². The summed E-state index contributed by atoms with van der Waals surface area (Å²) in [5.74, 6) is -1.44. The van der Waals surface area contributed by atoms with Crippen LogP contribution in [0.2, 0.25) is 0 Å². The van der Waals surface area contributed by atoms with Crippen LogP contribution in [0, 0.1) is 11.8 Å². The summed E-state index contributed by atoms with van der Waals surface area (Å²) in [5, 5.41) is 18.2. The van der Waals surface area contributed by atoms with Crippen LogP contribution in [0.1, 0.15) is 68.2 Å². The van der Waals surface area contributed by atoms with E-state index in [4.69, 9.17) is 29.2 Å². The second-order valence-corrected chi connectivity index (χ2v) is 11.7. The maximum atomic E-state index is 12.6. The predicted octanol–water partition coefficient (Wildman–Crippen LogP) is 4.24. The van der Waals surface area contributed by atoms with E-state index in [1.807, 2.05) is 24.3 Å². The first-order valence-electron chi connectivity index (χ1n) is 15.2. The lowest BCUT2D eigenvalue weighted by Gasteiger charge is -2.16. The zero-order chi connectivity index (χ0) is 32.7. The molecule has 2 aromatic carbocycles. The molecule has 0 saturated carbocycles. The van der Waals surface area contributed by atoms with Gasteiger partial charge < -0.3 is 39.0 Å². The Kier molecular flexibility index (Phi) is 11.1. The number of ether oxygens (including phenoxy) is 4. The Balaban J connectivity index is 1.22. The van der Waals surface area contributed by atoms with Crippen molar-refractivity contribution in [3.8, 4) is 23.0 Å². The van der Waals surface area contributed by atoms with Crippen molar-refractivity contribution in [2.75, 3.05) is 27.4 Å². The number of hydrogen-bond acceptors (Lipinski definition) is 8. The van der Waals surface area contributed by atoms with Gasteiger partial charge >= 0.3 is 11.9 Å². The second-order valence-electron chi connectivity index (χ2n) is 11.7. The molecule has 2 heterocycles. The highest BCUT2D eigenvalue weighted by atomic mass is 16.5. The zero-order valence-corrected chi connectivity index (χ0v) is 26.3. The van der Waals surface area contributed by atoms with Crippen molar-refractivity contribution < 1.29 is 48.3 Å². The Bertz CT molecular complexity index is 1320. The normalized spacial score (nSPS) is 14.8. The van der Waals surface area contributed by atoms with Crippen molar-refractivity contribution >= 4 is 23.8 Å². The number of aliphatic carboxylic acids is 2. The van der Waals surface area contributed by atoms with Gasteiger partial charge in [-0.1, -0.05) is 13.8 Å². The molecule has 2 amide bonds. The molecule has 0 saturated heterocycles. The number of methoxy groups -OCH3 is 2. The molecule has 4 rings (SSSR count). The number of hydrogen-bond donors (Lipinski definition) is 2. The van der Waals surface area contributed by atoms with Crippen LogP contribution < -0.4 is 18.9 Å². The van der Waals surface area contributed by atoms with E-state index in [2.05, 4.69) is 0 Å². The van der Waals surface area contributed by atoms with Crippen LogP contribution in [0.4, 0.5) is 0 Å². The van der Waals surface area contributed by atoms with Crippen molar-refractivity contribution in [2.24, 2.45) is 11.8 Å². The Hall–Kier alpha value is -4.48. The van der Waals surface area contributed by atoms with Gasteiger partial charge in [0.05, 0.1) is 39.3 Å². The van der Waals surface area contributed by atoms with Crippen molar-refractivity contribution in [1.29, 1.82) is 0 Å². The molecule has 45 heavy (non-hydrogen) atoms. The highest BCUT2D eigenvalue weighted by molar-refractivity contribution is 5.83. The monoisotopic (exact) mass is 626 g/mol. The van der Waals surface area contributed by atoms with Crippen LogP contribution in [0.3, 0.4) is 0 Å². The van der Waals surface area contributed by atoms with Crippen LogP contribution in [0.25, 0.3) is 0 Å². The van der Waals surface area contributed by atoms with Gasteiger partial charge in [-0.05, 0) is 65.8 Å².